The highest BCUT2D eigenvalue weighted by Crippen LogP contribution is 2.32. The lowest BCUT2D eigenvalue weighted by Crippen LogP contribution is -2.11. The molecule has 2 aromatic heterocycles. The summed E-state index contributed by atoms with van der Waals surface area (Å²) in [6, 6.07) is 6.69. The third kappa shape index (κ3) is 4.49. The number of phenols is 1. The molecule has 0 aliphatic heterocycles. The fourth-order valence-corrected chi connectivity index (χ4v) is 3.19. The van der Waals surface area contributed by atoms with E-state index in [1.54, 1.807) is 25.1 Å². The normalized spacial score (nSPS) is 11.7. The van der Waals surface area contributed by atoms with Crippen LogP contribution < -0.4 is 5.32 Å². The minimum Gasteiger partial charge on any atom is -0.503 e. The van der Waals surface area contributed by atoms with E-state index in [9.17, 15) is 27.1 Å². The van der Waals surface area contributed by atoms with Gasteiger partial charge in [0.2, 0.25) is 5.82 Å². The summed E-state index contributed by atoms with van der Waals surface area (Å²) in [6.45, 7) is 1.64. The van der Waals surface area contributed by atoms with E-state index in [-0.39, 0.29) is 29.4 Å². The Labute approximate surface area is 183 Å². The summed E-state index contributed by atoms with van der Waals surface area (Å²) in [4.78, 5) is 4.12. The van der Waals surface area contributed by atoms with Crippen LogP contribution in [0.25, 0.3) is 22.8 Å². The molecule has 0 aliphatic rings. The molecule has 0 atom stereocenters. The number of alkyl halides is 3. The first-order valence-electron chi connectivity index (χ1n) is 9.49. The van der Waals surface area contributed by atoms with Gasteiger partial charge in [-0.25, -0.2) is 8.78 Å². The maximum atomic E-state index is 13.6. The standard InChI is InChI=1S/C21H16F5N5O2/c1-10-3-4-11(7-16(10)27-8-13-9-31(2)29-18(13)21(24,25)26)19-28-20(33-30-19)12-5-14(22)17(32)15(23)6-12/h3-7,9,27,32H,8H2,1-2H3. The molecule has 4 aromatic rings. The Hall–Kier alpha value is -3.96. The van der Waals surface area contributed by atoms with Crippen LogP contribution in [-0.2, 0) is 19.8 Å². The van der Waals surface area contributed by atoms with Crippen molar-refractivity contribution in [3.05, 3.63) is 65.0 Å². The fourth-order valence-electron chi connectivity index (χ4n) is 3.19. The Kier molecular flexibility index (Phi) is 5.52. The highest BCUT2D eigenvalue weighted by atomic mass is 19.4. The van der Waals surface area contributed by atoms with E-state index < -0.39 is 29.3 Å². The Balaban J connectivity index is 1.59. The van der Waals surface area contributed by atoms with Gasteiger partial charge in [-0.3, -0.25) is 4.68 Å². The molecule has 0 radical (unpaired) electrons. The number of anilines is 1. The van der Waals surface area contributed by atoms with Crippen LogP contribution in [0.4, 0.5) is 27.6 Å². The maximum absolute atomic E-state index is 13.6. The molecule has 0 amide bonds. The third-order valence-corrected chi connectivity index (χ3v) is 4.83. The van der Waals surface area contributed by atoms with Crippen molar-refractivity contribution in [1.82, 2.24) is 19.9 Å². The van der Waals surface area contributed by atoms with Crippen LogP contribution in [0, 0.1) is 18.6 Å². The number of aryl methyl sites for hydroxylation is 2. The van der Waals surface area contributed by atoms with Gasteiger partial charge in [0.1, 0.15) is 0 Å². The molecule has 2 heterocycles. The summed E-state index contributed by atoms with van der Waals surface area (Å²) in [5.74, 6) is -3.56. The zero-order chi connectivity index (χ0) is 23.9. The van der Waals surface area contributed by atoms with Gasteiger partial charge in [0, 0.05) is 42.2 Å². The van der Waals surface area contributed by atoms with Gasteiger partial charge in [0.25, 0.3) is 5.89 Å². The Bertz CT molecular complexity index is 1310. The van der Waals surface area contributed by atoms with Gasteiger partial charge >= 0.3 is 6.18 Å². The Morgan fingerprint density at radius 2 is 1.79 bits per heavy atom. The number of hydrogen-bond acceptors (Lipinski definition) is 6. The SMILES string of the molecule is Cc1ccc(-c2noc(-c3cc(F)c(O)c(F)c3)n2)cc1NCc1cn(C)nc1C(F)(F)F. The monoisotopic (exact) mass is 465 g/mol. The van der Waals surface area contributed by atoms with Crippen LogP contribution in [0.5, 0.6) is 5.75 Å². The smallest absolute Gasteiger partial charge is 0.435 e. The van der Waals surface area contributed by atoms with Crippen LogP contribution in [-0.4, -0.2) is 25.0 Å². The van der Waals surface area contributed by atoms with E-state index in [4.69, 9.17) is 4.52 Å². The minimum absolute atomic E-state index is 0.0203. The maximum Gasteiger partial charge on any atom is 0.435 e. The first kappa shape index (κ1) is 22.2. The molecular weight excluding hydrogens is 449 g/mol. The summed E-state index contributed by atoms with van der Waals surface area (Å²) in [7, 11) is 1.41. The van der Waals surface area contributed by atoms with Crippen LogP contribution in [0.3, 0.4) is 0 Å². The predicted molar refractivity (Wildman–Crippen MR) is 107 cm³/mol. The second kappa shape index (κ2) is 8.19. The molecule has 12 heteroatoms. The highest BCUT2D eigenvalue weighted by molar-refractivity contribution is 5.67. The van der Waals surface area contributed by atoms with Crippen molar-refractivity contribution in [1.29, 1.82) is 0 Å². The molecule has 0 saturated heterocycles. The first-order valence-corrected chi connectivity index (χ1v) is 9.49. The lowest BCUT2D eigenvalue weighted by molar-refractivity contribution is -0.142. The lowest BCUT2D eigenvalue weighted by atomic mass is 10.1. The van der Waals surface area contributed by atoms with Crippen LogP contribution in [0.15, 0.2) is 41.1 Å². The van der Waals surface area contributed by atoms with Crippen molar-refractivity contribution in [3.8, 4) is 28.6 Å². The van der Waals surface area contributed by atoms with Crippen LogP contribution in [0.2, 0.25) is 0 Å². The molecular formula is C21H16F5N5O2. The first-order chi connectivity index (χ1) is 15.5. The van der Waals surface area contributed by atoms with E-state index in [2.05, 4.69) is 20.6 Å². The van der Waals surface area contributed by atoms with Crippen molar-refractivity contribution in [2.45, 2.75) is 19.6 Å². The van der Waals surface area contributed by atoms with E-state index in [1.807, 2.05) is 0 Å². The Morgan fingerprint density at radius 1 is 1.09 bits per heavy atom. The molecule has 0 aliphatic carbocycles. The number of hydrogen-bond donors (Lipinski definition) is 2. The molecule has 172 valence electrons. The molecule has 0 unspecified atom stereocenters. The second-order valence-corrected chi connectivity index (χ2v) is 7.27. The van der Waals surface area contributed by atoms with Gasteiger partial charge in [-0.05, 0) is 30.7 Å². The van der Waals surface area contributed by atoms with Crippen LogP contribution in [0.1, 0.15) is 16.8 Å². The van der Waals surface area contributed by atoms with E-state index in [1.165, 1.54) is 13.2 Å². The largest absolute Gasteiger partial charge is 0.503 e. The summed E-state index contributed by atoms with van der Waals surface area (Å²) >= 11 is 0. The number of nitrogens with zero attached hydrogens (tertiary/aromatic N) is 4. The van der Waals surface area contributed by atoms with Gasteiger partial charge in [-0.15, -0.1) is 0 Å². The molecule has 2 aromatic carbocycles. The molecule has 2 N–H and O–H groups in total. The van der Waals surface area contributed by atoms with Crippen molar-refractivity contribution in [2.24, 2.45) is 7.05 Å². The number of aromatic nitrogens is 4. The number of nitrogens with one attached hydrogen (secondary N) is 1. The molecule has 0 saturated carbocycles. The molecule has 33 heavy (non-hydrogen) atoms. The summed E-state index contributed by atoms with van der Waals surface area (Å²) in [5, 5.41) is 19.5. The van der Waals surface area contributed by atoms with Gasteiger partial charge in [-0.2, -0.15) is 23.3 Å². The zero-order valence-electron chi connectivity index (χ0n) is 17.2. The average Bonchev–Trinajstić information content (AvgIpc) is 3.38. The van der Waals surface area contributed by atoms with Gasteiger partial charge in [-0.1, -0.05) is 17.3 Å². The van der Waals surface area contributed by atoms with E-state index >= 15 is 0 Å². The summed E-state index contributed by atoms with van der Waals surface area (Å²) < 4.78 is 72.9. The fraction of sp³-hybridized carbons (Fsp3) is 0.190. The van der Waals surface area contributed by atoms with Crippen molar-refractivity contribution < 1.29 is 31.6 Å². The predicted octanol–water partition coefficient (Wildman–Crippen LogP) is 5.06. The highest BCUT2D eigenvalue weighted by Gasteiger charge is 2.36. The molecule has 7 nitrogen and oxygen atoms in total. The quantitative estimate of drug-likeness (QED) is 0.401. The molecule has 0 bridgehead atoms. The van der Waals surface area contributed by atoms with Gasteiger partial charge in [0.05, 0.1) is 0 Å². The zero-order valence-corrected chi connectivity index (χ0v) is 17.2. The average molecular weight is 465 g/mol. The third-order valence-electron chi connectivity index (χ3n) is 4.83. The summed E-state index contributed by atoms with van der Waals surface area (Å²) in [5.41, 5.74) is 0.680. The van der Waals surface area contributed by atoms with E-state index in [0.29, 0.717) is 11.3 Å². The molecule has 4 rings (SSSR count). The number of aromatic hydroxyl groups is 1. The number of phenolic OH excluding ortho intramolecular Hbond substituents is 1. The van der Waals surface area contributed by atoms with Gasteiger partial charge in [0.15, 0.2) is 23.1 Å². The van der Waals surface area contributed by atoms with Crippen molar-refractivity contribution in [3.63, 3.8) is 0 Å². The molecule has 0 spiro atoms. The van der Waals surface area contributed by atoms with Crippen molar-refractivity contribution in [2.75, 3.05) is 5.32 Å². The van der Waals surface area contributed by atoms with Gasteiger partial charge < -0.3 is 14.9 Å². The molecule has 0 fully saturated rings. The van der Waals surface area contributed by atoms with Crippen LogP contribution >= 0.6 is 0 Å². The minimum atomic E-state index is -4.58. The Morgan fingerprint density at radius 3 is 2.45 bits per heavy atom. The number of rotatable bonds is 5. The lowest BCUT2D eigenvalue weighted by Gasteiger charge is -2.11. The summed E-state index contributed by atoms with van der Waals surface area (Å²) in [6.07, 6.45) is -3.29. The second-order valence-electron chi connectivity index (χ2n) is 7.27. The van der Waals surface area contributed by atoms with Crippen molar-refractivity contribution >= 4 is 5.69 Å². The number of benzene rings is 2. The number of halogens is 5. The van der Waals surface area contributed by atoms with E-state index in [0.717, 1.165) is 22.4 Å². The topological polar surface area (TPSA) is 89.0 Å².